The molecule has 0 bridgehead atoms. The molecule has 0 saturated carbocycles. The van der Waals surface area contributed by atoms with Crippen LogP contribution in [-0.4, -0.2) is 73.8 Å². The second-order valence-electron chi connectivity index (χ2n) is 7.18. The highest BCUT2D eigenvalue weighted by Crippen LogP contribution is 2.61. The Hall–Kier alpha value is -1.00. The van der Waals surface area contributed by atoms with Crippen molar-refractivity contribution in [3.63, 3.8) is 0 Å². The van der Waals surface area contributed by atoms with Gasteiger partial charge in [-0.15, -0.1) is 0 Å². The van der Waals surface area contributed by atoms with Gasteiger partial charge in [0.1, 0.15) is 0 Å². The molecule has 0 aliphatic heterocycles. The predicted octanol–water partition coefficient (Wildman–Crippen LogP) is 6.00. The molecule has 0 N–H and O–H groups in total. The van der Waals surface area contributed by atoms with Gasteiger partial charge in [0.05, 0.1) is 5.75 Å². The van der Waals surface area contributed by atoms with Crippen LogP contribution < -0.4 is 0 Å². The summed E-state index contributed by atoms with van der Waals surface area (Å²) in [6.07, 6.45) is -5.74. The van der Waals surface area contributed by atoms with E-state index in [1.807, 2.05) is 0 Å². The van der Waals surface area contributed by atoms with Gasteiger partial charge in [0.2, 0.25) is 9.84 Å². The molecule has 200 valence electrons. The van der Waals surface area contributed by atoms with Crippen molar-refractivity contribution in [1.82, 2.24) is 4.90 Å². The van der Waals surface area contributed by atoms with E-state index in [-0.39, 0.29) is 13.1 Å². The Morgan fingerprint density at radius 3 is 1.27 bits per heavy atom. The molecular weight excluding hydrogens is 517 g/mol. The number of nitrogens with zero attached hydrogens (tertiary/aromatic N) is 1. The molecule has 0 heterocycles. The second-order valence-corrected chi connectivity index (χ2v) is 9.33. The summed E-state index contributed by atoms with van der Waals surface area (Å²) in [5.74, 6) is -34.0. The maximum atomic E-state index is 13.9. The molecule has 0 aromatic carbocycles. The molecule has 0 spiro atoms. The first-order valence-corrected chi connectivity index (χ1v) is 11.0. The van der Waals surface area contributed by atoms with Gasteiger partial charge >= 0.3 is 35.1 Å². The number of halogens is 13. The number of unbranched alkanes of at least 4 members (excludes halogenated alkanes) is 2. The van der Waals surface area contributed by atoms with E-state index < -0.39 is 57.3 Å². The minimum atomic E-state index is -8.13. The van der Waals surface area contributed by atoms with Gasteiger partial charge in [-0.2, -0.15) is 57.1 Å². The lowest BCUT2D eigenvalue weighted by Crippen LogP contribution is -2.71. The normalized spacial score (nSPS) is 15.4. The van der Waals surface area contributed by atoms with Gasteiger partial charge in [-0.25, -0.2) is 8.42 Å². The molecule has 0 aliphatic rings. The summed E-state index contributed by atoms with van der Waals surface area (Å²) in [7, 11) is -6.75. The van der Waals surface area contributed by atoms with Gasteiger partial charge in [-0.05, 0) is 25.9 Å². The number of hydrogen-bond acceptors (Lipinski definition) is 3. The first-order valence-electron chi connectivity index (χ1n) is 9.40. The highest BCUT2D eigenvalue weighted by Gasteiger charge is 2.92. The number of hydrogen-bond donors (Lipinski definition) is 0. The van der Waals surface area contributed by atoms with Gasteiger partial charge in [0.15, 0.2) is 0 Å². The van der Waals surface area contributed by atoms with Crippen LogP contribution >= 0.6 is 0 Å². The third kappa shape index (κ3) is 5.81. The Bertz CT molecular complexity index is 727. The number of sulfone groups is 1. The SMILES string of the molecule is CCCCN(CCCC)CCS(=O)(=O)C(F)(F)C(F)(F)C(F)(F)C(F)(F)C(F)(F)C(F)(F)F. The fourth-order valence-electron chi connectivity index (χ4n) is 2.43. The molecule has 0 unspecified atom stereocenters. The minimum Gasteiger partial charge on any atom is -0.302 e. The van der Waals surface area contributed by atoms with Crippen LogP contribution in [0.1, 0.15) is 39.5 Å². The Balaban J connectivity index is 6.12. The molecule has 0 atom stereocenters. The average Bonchev–Trinajstić information content (AvgIpc) is 2.65. The molecule has 0 fully saturated rings. The van der Waals surface area contributed by atoms with Crippen molar-refractivity contribution < 1.29 is 65.5 Å². The quantitative estimate of drug-likeness (QED) is 0.254. The first kappa shape index (κ1) is 32.0. The zero-order chi connectivity index (χ0) is 26.7. The van der Waals surface area contributed by atoms with Crippen molar-refractivity contribution in [3.05, 3.63) is 0 Å². The zero-order valence-electron chi connectivity index (χ0n) is 17.2. The van der Waals surface area contributed by atoms with E-state index in [4.69, 9.17) is 0 Å². The monoisotopic (exact) mass is 539 g/mol. The van der Waals surface area contributed by atoms with Crippen LogP contribution in [0.15, 0.2) is 0 Å². The van der Waals surface area contributed by atoms with Crippen LogP contribution in [0, 0.1) is 0 Å². The lowest BCUT2D eigenvalue weighted by Gasteiger charge is -2.39. The van der Waals surface area contributed by atoms with Gasteiger partial charge in [-0.3, -0.25) is 0 Å². The number of rotatable bonds is 14. The molecule has 3 nitrogen and oxygen atoms in total. The molecule has 17 heteroatoms. The van der Waals surface area contributed by atoms with Gasteiger partial charge < -0.3 is 4.90 Å². The van der Waals surface area contributed by atoms with E-state index >= 15 is 0 Å². The first-order chi connectivity index (χ1) is 14.5. The fourth-order valence-corrected chi connectivity index (χ4v) is 3.70. The largest absolute Gasteiger partial charge is 0.460 e. The lowest BCUT2D eigenvalue weighted by molar-refractivity contribution is -0.433. The fraction of sp³-hybridized carbons (Fsp3) is 1.00. The maximum absolute atomic E-state index is 13.9. The summed E-state index contributed by atoms with van der Waals surface area (Å²) in [5, 5.41) is -7.12. The summed E-state index contributed by atoms with van der Waals surface area (Å²) in [6.45, 7) is 2.57. The van der Waals surface area contributed by atoms with Crippen LogP contribution in [0.2, 0.25) is 0 Å². The molecule has 0 aromatic heterocycles. The standard InChI is InChI=1S/C16H22F13NO2S/c1-3-5-7-30(8-6-4-2)9-10-33(31,32)16(28,29)14(23,24)12(19,20)11(17,18)13(21,22)15(25,26)27/h3-10H2,1-2H3. The smallest absolute Gasteiger partial charge is 0.302 e. The van der Waals surface area contributed by atoms with Gasteiger partial charge in [0, 0.05) is 6.54 Å². The van der Waals surface area contributed by atoms with E-state index in [9.17, 15) is 65.5 Å². The van der Waals surface area contributed by atoms with Crippen molar-refractivity contribution in [1.29, 1.82) is 0 Å². The summed E-state index contributed by atoms with van der Waals surface area (Å²) in [4.78, 5) is 1.18. The van der Waals surface area contributed by atoms with Crippen LogP contribution in [0.25, 0.3) is 0 Å². The zero-order valence-corrected chi connectivity index (χ0v) is 18.1. The van der Waals surface area contributed by atoms with E-state index in [0.29, 0.717) is 25.7 Å². The summed E-state index contributed by atoms with van der Waals surface area (Å²) < 4.78 is 194. The van der Waals surface area contributed by atoms with E-state index in [1.54, 1.807) is 13.8 Å². The summed E-state index contributed by atoms with van der Waals surface area (Å²) in [5.41, 5.74) is 0. The Morgan fingerprint density at radius 1 is 0.576 bits per heavy atom. The van der Waals surface area contributed by atoms with Crippen LogP contribution in [0.4, 0.5) is 57.1 Å². The van der Waals surface area contributed by atoms with Crippen molar-refractivity contribution in [2.75, 3.05) is 25.4 Å². The highest BCUT2D eigenvalue weighted by molar-refractivity contribution is 7.92. The Morgan fingerprint density at radius 2 is 0.939 bits per heavy atom. The van der Waals surface area contributed by atoms with E-state index in [0.717, 1.165) is 0 Å². The molecule has 0 aromatic rings. The van der Waals surface area contributed by atoms with E-state index in [2.05, 4.69) is 0 Å². The summed E-state index contributed by atoms with van der Waals surface area (Å²) >= 11 is 0. The number of alkyl halides is 13. The van der Waals surface area contributed by atoms with E-state index in [1.165, 1.54) is 4.90 Å². The Labute approximate surface area is 181 Å². The van der Waals surface area contributed by atoms with Crippen molar-refractivity contribution in [2.45, 2.75) is 74.7 Å². The second kappa shape index (κ2) is 10.3. The molecule has 0 rings (SSSR count). The average molecular weight is 539 g/mol. The van der Waals surface area contributed by atoms with Crippen LogP contribution in [0.5, 0.6) is 0 Å². The van der Waals surface area contributed by atoms with Crippen LogP contribution in [-0.2, 0) is 9.84 Å². The lowest BCUT2D eigenvalue weighted by atomic mass is 9.98. The van der Waals surface area contributed by atoms with Crippen molar-refractivity contribution in [3.8, 4) is 0 Å². The molecule has 0 amide bonds. The van der Waals surface area contributed by atoms with Gasteiger partial charge in [-0.1, -0.05) is 26.7 Å². The van der Waals surface area contributed by atoms with Gasteiger partial charge in [0.25, 0.3) is 0 Å². The molecule has 0 aliphatic carbocycles. The van der Waals surface area contributed by atoms with Crippen molar-refractivity contribution in [2.24, 2.45) is 0 Å². The minimum absolute atomic E-state index is 0.0695. The third-order valence-electron chi connectivity index (χ3n) is 4.63. The highest BCUT2D eigenvalue weighted by atomic mass is 32.2. The van der Waals surface area contributed by atoms with Crippen molar-refractivity contribution >= 4 is 9.84 Å². The molecule has 0 saturated heterocycles. The third-order valence-corrected chi connectivity index (χ3v) is 6.38. The Kier molecular flexibility index (Phi) is 10.0. The summed E-state index contributed by atoms with van der Waals surface area (Å²) in [6, 6.07) is 0. The molecule has 0 radical (unpaired) electrons. The topological polar surface area (TPSA) is 37.4 Å². The molecule has 33 heavy (non-hydrogen) atoms. The van der Waals surface area contributed by atoms with Crippen LogP contribution in [0.3, 0.4) is 0 Å². The molecular formula is C16H22F13NO2S. The predicted molar refractivity (Wildman–Crippen MR) is 90.8 cm³/mol. The maximum Gasteiger partial charge on any atom is 0.460 e.